The van der Waals surface area contributed by atoms with Gasteiger partial charge in [-0.3, -0.25) is 0 Å². The Morgan fingerprint density at radius 2 is 2.07 bits per heavy atom. The van der Waals surface area contributed by atoms with Gasteiger partial charge in [-0.05, 0) is 0 Å². The van der Waals surface area contributed by atoms with E-state index in [-0.39, 0.29) is 6.04 Å². The highest BCUT2D eigenvalue weighted by Gasteiger charge is 2.11. The second kappa shape index (κ2) is 3.55. The highest BCUT2D eigenvalue weighted by molar-refractivity contribution is 5.20. The predicted octanol–water partition coefficient (Wildman–Crippen LogP) is 0.258. The zero-order valence-corrected chi connectivity index (χ0v) is 7.83. The molecule has 0 aliphatic rings. The molecule has 2 aromatic rings. The zero-order valence-electron chi connectivity index (χ0n) is 7.83. The van der Waals surface area contributed by atoms with Crippen LogP contribution in [-0.4, -0.2) is 19.5 Å². The van der Waals surface area contributed by atoms with Gasteiger partial charge >= 0.3 is 0 Å². The second-order valence-electron chi connectivity index (χ2n) is 3.11. The number of hydrogen-bond donors (Lipinski definition) is 1. The summed E-state index contributed by atoms with van der Waals surface area (Å²) in [6, 6.07) is -0.252. The van der Waals surface area contributed by atoms with Gasteiger partial charge in [-0.1, -0.05) is 0 Å². The Labute approximate surface area is 81.6 Å². The summed E-state index contributed by atoms with van der Waals surface area (Å²) in [6.07, 6.45) is 8.49. The van der Waals surface area contributed by atoms with Gasteiger partial charge in [0.05, 0.1) is 18.1 Å². The first kappa shape index (κ1) is 8.83. The topological polar surface area (TPSA) is 69.6 Å². The van der Waals surface area contributed by atoms with E-state index >= 15 is 0 Å². The van der Waals surface area contributed by atoms with Crippen molar-refractivity contribution in [3.8, 4) is 0 Å². The van der Waals surface area contributed by atoms with Crippen molar-refractivity contribution in [2.24, 2.45) is 12.8 Å². The van der Waals surface area contributed by atoms with Crippen molar-refractivity contribution in [2.45, 2.75) is 6.04 Å². The summed E-state index contributed by atoms with van der Waals surface area (Å²) in [7, 11) is 1.91. The summed E-state index contributed by atoms with van der Waals surface area (Å²) in [4.78, 5) is 12.0. The first-order valence-corrected chi connectivity index (χ1v) is 4.25. The van der Waals surface area contributed by atoms with Gasteiger partial charge in [0.1, 0.15) is 6.33 Å². The molecule has 5 heteroatoms. The maximum atomic E-state index is 5.97. The van der Waals surface area contributed by atoms with Crippen LogP contribution in [0.3, 0.4) is 0 Å². The van der Waals surface area contributed by atoms with Crippen LogP contribution >= 0.6 is 0 Å². The van der Waals surface area contributed by atoms with Crippen molar-refractivity contribution >= 4 is 0 Å². The van der Waals surface area contributed by atoms with Gasteiger partial charge in [-0.2, -0.15) is 0 Å². The first-order valence-electron chi connectivity index (χ1n) is 4.25. The number of aryl methyl sites for hydroxylation is 1. The summed E-state index contributed by atoms with van der Waals surface area (Å²) < 4.78 is 1.86. The number of imidazole rings is 1. The minimum atomic E-state index is -0.252. The zero-order chi connectivity index (χ0) is 9.97. The van der Waals surface area contributed by atoms with Crippen molar-refractivity contribution in [2.75, 3.05) is 0 Å². The van der Waals surface area contributed by atoms with Crippen molar-refractivity contribution < 1.29 is 0 Å². The van der Waals surface area contributed by atoms with E-state index in [0.717, 1.165) is 11.3 Å². The third kappa shape index (κ3) is 1.62. The van der Waals surface area contributed by atoms with Crippen molar-refractivity contribution in [3.63, 3.8) is 0 Å². The molecule has 2 N–H and O–H groups in total. The Kier molecular flexibility index (Phi) is 2.24. The SMILES string of the molecule is Cn1cnc(C(N)c2cncnc2)c1. The molecule has 2 rings (SSSR count). The summed E-state index contributed by atoms with van der Waals surface area (Å²) in [5.74, 6) is 0. The Hall–Kier alpha value is -1.75. The Bertz CT molecular complexity index is 408. The molecule has 0 saturated carbocycles. The fraction of sp³-hybridized carbons (Fsp3) is 0.222. The molecular formula is C9H11N5. The molecule has 0 fully saturated rings. The van der Waals surface area contributed by atoms with E-state index in [0.29, 0.717) is 0 Å². The van der Waals surface area contributed by atoms with E-state index in [4.69, 9.17) is 5.73 Å². The van der Waals surface area contributed by atoms with E-state index in [1.165, 1.54) is 6.33 Å². The molecule has 1 atom stereocenters. The lowest BCUT2D eigenvalue weighted by molar-refractivity contribution is 0.819. The molecule has 0 spiro atoms. The fourth-order valence-electron chi connectivity index (χ4n) is 1.24. The van der Waals surface area contributed by atoms with E-state index in [1.807, 2.05) is 17.8 Å². The van der Waals surface area contributed by atoms with Gasteiger partial charge in [-0.25, -0.2) is 15.0 Å². The third-order valence-electron chi connectivity index (χ3n) is 1.98. The number of hydrogen-bond acceptors (Lipinski definition) is 4. The lowest BCUT2D eigenvalue weighted by atomic mass is 10.1. The van der Waals surface area contributed by atoms with Crippen molar-refractivity contribution in [1.82, 2.24) is 19.5 Å². The van der Waals surface area contributed by atoms with Gasteiger partial charge in [-0.15, -0.1) is 0 Å². The van der Waals surface area contributed by atoms with Gasteiger partial charge in [0.15, 0.2) is 0 Å². The third-order valence-corrected chi connectivity index (χ3v) is 1.98. The molecule has 0 saturated heterocycles. The molecule has 1 unspecified atom stereocenters. The fourth-order valence-corrected chi connectivity index (χ4v) is 1.24. The molecule has 2 heterocycles. The smallest absolute Gasteiger partial charge is 0.115 e. The lowest BCUT2D eigenvalue weighted by Crippen LogP contribution is -2.12. The van der Waals surface area contributed by atoms with E-state index in [1.54, 1.807) is 18.7 Å². The first-order chi connectivity index (χ1) is 6.77. The van der Waals surface area contributed by atoms with Crippen LogP contribution in [0.5, 0.6) is 0 Å². The molecule has 14 heavy (non-hydrogen) atoms. The van der Waals surface area contributed by atoms with Gasteiger partial charge in [0.2, 0.25) is 0 Å². The summed E-state index contributed by atoms with van der Waals surface area (Å²) in [6.45, 7) is 0. The molecule has 72 valence electrons. The monoisotopic (exact) mass is 189 g/mol. The van der Waals surface area contributed by atoms with Crippen LogP contribution < -0.4 is 5.73 Å². The second-order valence-corrected chi connectivity index (χ2v) is 3.11. The predicted molar refractivity (Wildman–Crippen MR) is 51.3 cm³/mol. The average Bonchev–Trinajstić information content (AvgIpc) is 2.65. The molecule has 0 amide bonds. The highest BCUT2D eigenvalue weighted by Crippen LogP contribution is 2.14. The Morgan fingerprint density at radius 3 is 2.64 bits per heavy atom. The van der Waals surface area contributed by atoms with Crippen LogP contribution in [0.4, 0.5) is 0 Å². The molecule has 0 radical (unpaired) electrons. The molecule has 0 aromatic carbocycles. The van der Waals surface area contributed by atoms with E-state index in [2.05, 4.69) is 15.0 Å². The van der Waals surface area contributed by atoms with Gasteiger partial charge in [0, 0.05) is 31.2 Å². The minimum absolute atomic E-state index is 0.252. The molecular weight excluding hydrogens is 178 g/mol. The summed E-state index contributed by atoms with van der Waals surface area (Å²) >= 11 is 0. The minimum Gasteiger partial charge on any atom is -0.340 e. The molecule has 5 nitrogen and oxygen atoms in total. The van der Waals surface area contributed by atoms with Crippen LogP contribution in [0.15, 0.2) is 31.2 Å². The number of rotatable bonds is 2. The van der Waals surface area contributed by atoms with Crippen LogP contribution in [0.2, 0.25) is 0 Å². The van der Waals surface area contributed by atoms with Crippen LogP contribution in [0.25, 0.3) is 0 Å². The van der Waals surface area contributed by atoms with Crippen molar-refractivity contribution in [3.05, 3.63) is 42.5 Å². The van der Waals surface area contributed by atoms with Crippen LogP contribution in [0.1, 0.15) is 17.3 Å². The summed E-state index contributed by atoms with van der Waals surface area (Å²) in [5, 5.41) is 0. The van der Waals surface area contributed by atoms with Gasteiger partial charge < -0.3 is 10.3 Å². The number of nitrogens with two attached hydrogens (primary N) is 1. The standard InChI is InChI=1S/C9H11N5/c1-14-4-8(13-6-14)9(10)7-2-11-5-12-3-7/h2-6,9H,10H2,1H3. The Balaban J connectivity index is 2.29. The molecule has 0 aliphatic heterocycles. The number of aromatic nitrogens is 4. The average molecular weight is 189 g/mol. The van der Waals surface area contributed by atoms with E-state index < -0.39 is 0 Å². The quantitative estimate of drug-likeness (QED) is 0.735. The largest absolute Gasteiger partial charge is 0.340 e. The van der Waals surface area contributed by atoms with Crippen LogP contribution in [0, 0.1) is 0 Å². The summed E-state index contributed by atoms with van der Waals surface area (Å²) in [5.41, 5.74) is 7.66. The van der Waals surface area contributed by atoms with E-state index in [9.17, 15) is 0 Å². The highest BCUT2D eigenvalue weighted by atomic mass is 15.0. The normalized spacial score (nSPS) is 12.7. The molecule has 2 aromatic heterocycles. The maximum Gasteiger partial charge on any atom is 0.115 e. The van der Waals surface area contributed by atoms with Crippen LogP contribution in [-0.2, 0) is 7.05 Å². The number of nitrogens with zero attached hydrogens (tertiary/aromatic N) is 4. The molecule has 0 bridgehead atoms. The lowest BCUT2D eigenvalue weighted by Gasteiger charge is -2.06. The van der Waals surface area contributed by atoms with Crippen molar-refractivity contribution in [1.29, 1.82) is 0 Å². The maximum absolute atomic E-state index is 5.97. The Morgan fingerprint density at radius 1 is 1.36 bits per heavy atom. The van der Waals surface area contributed by atoms with Gasteiger partial charge in [0.25, 0.3) is 0 Å². The molecule has 0 aliphatic carbocycles.